The fraction of sp³-hybridized carbons (Fsp3) is 0.529. The van der Waals surface area contributed by atoms with E-state index in [0.29, 0.717) is 49.9 Å². The van der Waals surface area contributed by atoms with Crippen LogP contribution in [0.15, 0.2) is 24.3 Å². The Balaban J connectivity index is 1.56. The van der Waals surface area contributed by atoms with Crippen molar-refractivity contribution in [3.8, 4) is 0 Å². The molecule has 0 bridgehead atoms. The van der Waals surface area contributed by atoms with Gasteiger partial charge in [0.25, 0.3) is 5.91 Å². The molecule has 0 radical (unpaired) electrons. The van der Waals surface area contributed by atoms with Gasteiger partial charge in [0, 0.05) is 43.3 Å². The predicted molar refractivity (Wildman–Crippen MR) is 91.1 cm³/mol. The molecule has 2 amide bonds. The number of benzene rings is 1. The third-order valence-corrected chi connectivity index (χ3v) is 4.80. The second-order valence-corrected chi connectivity index (χ2v) is 6.57. The van der Waals surface area contributed by atoms with Crippen molar-refractivity contribution in [1.29, 1.82) is 0 Å². The van der Waals surface area contributed by atoms with Crippen LogP contribution in [0.3, 0.4) is 0 Å². The summed E-state index contributed by atoms with van der Waals surface area (Å²) in [5.41, 5.74) is 0.621. The number of ether oxygens (including phenoxy) is 1. The van der Waals surface area contributed by atoms with Gasteiger partial charge in [-0.2, -0.15) is 0 Å². The fourth-order valence-electron chi connectivity index (χ4n) is 3.11. The Kier molecular flexibility index (Phi) is 5.38. The van der Waals surface area contributed by atoms with Crippen LogP contribution in [0.25, 0.3) is 0 Å². The SMILES string of the molecule is C[C@H]1OCCN[C@@H]1C(=O)N1CCN(C(=O)c2ccc(Cl)cc2)CC1. The van der Waals surface area contributed by atoms with Gasteiger partial charge < -0.3 is 19.9 Å². The lowest BCUT2D eigenvalue weighted by atomic mass is 10.1. The van der Waals surface area contributed by atoms with Gasteiger partial charge in [-0.05, 0) is 31.2 Å². The second kappa shape index (κ2) is 7.51. The van der Waals surface area contributed by atoms with E-state index in [0.717, 1.165) is 0 Å². The average Bonchev–Trinajstić information content (AvgIpc) is 2.62. The molecule has 2 aliphatic heterocycles. The van der Waals surface area contributed by atoms with Gasteiger partial charge in [-0.25, -0.2) is 0 Å². The summed E-state index contributed by atoms with van der Waals surface area (Å²) >= 11 is 5.86. The van der Waals surface area contributed by atoms with E-state index < -0.39 is 0 Å². The van der Waals surface area contributed by atoms with Crippen molar-refractivity contribution in [3.63, 3.8) is 0 Å². The number of piperazine rings is 1. The van der Waals surface area contributed by atoms with Gasteiger partial charge in [0.15, 0.2) is 0 Å². The largest absolute Gasteiger partial charge is 0.375 e. The van der Waals surface area contributed by atoms with E-state index in [-0.39, 0.29) is 24.0 Å². The maximum absolute atomic E-state index is 12.6. The molecule has 2 aliphatic rings. The minimum Gasteiger partial charge on any atom is -0.375 e. The quantitative estimate of drug-likeness (QED) is 0.863. The zero-order valence-electron chi connectivity index (χ0n) is 13.7. The first-order valence-electron chi connectivity index (χ1n) is 8.25. The Bertz CT molecular complexity index is 600. The third-order valence-electron chi connectivity index (χ3n) is 4.55. The maximum atomic E-state index is 12.6. The van der Waals surface area contributed by atoms with E-state index in [2.05, 4.69) is 5.32 Å². The summed E-state index contributed by atoms with van der Waals surface area (Å²) in [5.74, 6) is 0.0343. The molecule has 24 heavy (non-hydrogen) atoms. The van der Waals surface area contributed by atoms with E-state index in [1.54, 1.807) is 29.2 Å². The summed E-state index contributed by atoms with van der Waals surface area (Å²) in [6.45, 7) is 5.40. The number of hydrogen-bond donors (Lipinski definition) is 1. The molecular formula is C17H22ClN3O3. The minimum atomic E-state index is -0.294. The van der Waals surface area contributed by atoms with Gasteiger partial charge in [0.2, 0.25) is 5.91 Å². The topological polar surface area (TPSA) is 61.9 Å². The smallest absolute Gasteiger partial charge is 0.253 e. The molecule has 0 spiro atoms. The molecule has 3 rings (SSSR count). The number of nitrogens with zero attached hydrogens (tertiary/aromatic N) is 2. The Hall–Kier alpha value is -1.63. The van der Waals surface area contributed by atoms with Gasteiger partial charge in [-0.3, -0.25) is 9.59 Å². The number of hydrogen-bond acceptors (Lipinski definition) is 4. The van der Waals surface area contributed by atoms with E-state index in [1.807, 2.05) is 11.8 Å². The molecule has 2 saturated heterocycles. The van der Waals surface area contributed by atoms with Crippen molar-refractivity contribution in [1.82, 2.24) is 15.1 Å². The molecule has 1 aromatic carbocycles. The van der Waals surface area contributed by atoms with Gasteiger partial charge in [-0.1, -0.05) is 11.6 Å². The predicted octanol–water partition coefficient (Wildman–Crippen LogP) is 1.00. The number of carbonyl (C=O) groups excluding carboxylic acids is 2. The van der Waals surface area contributed by atoms with Crippen LogP contribution in [0.4, 0.5) is 0 Å². The number of amides is 2. The van der Waals surface area contributed by atoms with Crippen molar-refractivity contribution in [2.75, 3.05) is 39.3 Å². The third kappa shape index (κ3) is 3.71. The summed E-state index contributed by atoms with van der Waals surface area (Å²) in [6, 6.07) is 6.59. The highest BCUT2D eigenvalue weighted by Crippen LogP contribution is 2.14. The molecule has 0 unspecified atom stereocenters. The van der Waals surface area contributed by atoms with Crippen LogP contribution in [-0.4, -0.2) is 73.1 Å². The molecule has 2 atom stereocenters. The molecule has 1 N–H and O–H groups in total. The second-order valence-electron chi connectivity index (χ2n) is 6.13. The van der Waals surface area contributed by atoms with Crippen LogP contribution < -0.4 is 5.32 Å². The fourth-order valence-corrected chi connectivity index (χ4v) is 3.24. The lowest BCUT2D eigenvalue weighted by Crippen LogP contribution is -2.60. The first-order valence-corrected chi connectivity index (χ1v) is 8.62. The standard InChI is InChI=1S/C17H22ClN3O3/c1-12-15(19-6-11-24-12)17(23)21-9-7-20(8-10-21)16(22)13-2-4-14(18)5-3-13/h2-5,12,15,19H,6-11H2,1H3/t12-,15+/m1/s1. The Morgan fingerprint density at radius 3 is 2.38 bits per heavy atom. The number of rotatable bonds is 2. The monoisotopic (exact) mass is 351 g/mol. The zero-order chi connectivity index (χ0) is 17.1. The summed E-state index contributed by atoms with van der Waals surface area (Å²) in [7, 11) is 0. The Labute approximate surface area is 146 Å². The molecule has 2 fully saturated rings. The lowest BCUT2D eigenvalue weighted by molar-refractivity contribution is -0.140. The van der Waals surface area contributed by atoms with Gasteiger partial charge in [0.1, 0.15) is 6.04 Å². The van der Waals surface area contributed by atoms with E-state index >= 15 is 0 Å². The molecule has 1 aromatic rings. The average molecular weight is 352 g/mol. The van der Waals surface area contributed by atoms with Gasteiger partial charge in [-0.15, -0.1) is 0 Å². The Morgan fingerprint density at radius 1 is 1.12 bits per heavy atom. The number of morpholine rings is 1. The van der Waals surface area contributed by atoms with Gasteiger partial charge in [0.05, 0.1) is 12.7 Å². The minimum absolute atomic E-state index is 0.0220. The van der Waals surface area contributed by atoms with E-state index in [1.165, 1.54) is 0 Å². The van der Waals surface area contributed by atoms with E-state index in [9.17, 15) is 9.59 Å². The van der Waals surface area contributed by atoms with Crippen LogP contribution in [-0.2, 0) is 9.53 Å². The molecule has 6 nitrogen and oxygen atoms in total. The van der Waals surface area contributed by atoms with Gasteiger partial charge >= 0.3 is 0 Å². The first-order chi connectivity index (χ1) is 11.6. The van der Waals surface area contributed by atoms with Crippen molar-refractivity contribution >= 4 is 23.4 Å². The molecular weight excluding hydrogens is 330 g/mol. The maximum Gasteiger partial charge on any atom is 0.253 e. The highest BCUT2D eigenvalue weighted by molar-refractivity contribution is 6.30. The number of nitrogens with one attached hydrogen (secondary N) is 1. The van der Waals surface area contributed by atoms with E-state index in [4.69, 9.17) is 16.3 Å². The molecule has 0 saturated carbocycles. The van der Waals surface area contributed by atoms with Crippen LogP contribution in [0.2, 0.25) is 5.02 Å². The number of carbonyl (C=O) groups is 2. The van der Waals surface area contributed by atoms with Crippen LogP contribution >= 0.6 is 11.6 Å². The van der Waals surface area contributed by atoms with Crippen LogP contribution in [0, 0.1) is 0 Å². The van der Waals surface area contributed by atoms with Crippen molar-refractivity contribution < 1.29 is 14.3 Å². The molecule has 2 heterocycles. The summed E-state index contributed by atoms with van der Waals surface area (Å²) in [4.78, 5) is 28.7. The highest BCUT2D eigenvalue weighted by Gasteiger charge is 2.33. The van der Waals surface area contributed by atoms with Crippen molar-refractivity contribution in [2.24, 2.45) is 0 Å². The summed E-state index contributed by atoms with van der Waals surface area (Å²) in [5, 5.41) is 3.83. The first kappa shape index (κ1) is 17.2. The van der Waals surface area contributed by atoms with Crippen molar-refractivity contribution in [2.45, 2.75) is 19.1 Å². The van der Waals surface area contributed by atoms with Crippen LogP contribution in [0.1, 0.15) is 17.3 Å². The summed E-state index contributed by atoms with van der Waals surface area (Å²) in [6.07, 6.45) is -0.125. The molecule has 130 valence electrons. The molecule has 0 aliphatic carbocycles. The van der Waals surface area contributed by atoms with Crippen molar-refractivity contribution in [3.05, 3.63) is 34.9 Å². The zero-order valence-corrected chi connectivity index (χ0v) is 14.5. The number of halogens is 1. The highest BCUT2D eigenvalue weighted by atomic mass is 35.5. The lowest BCUT2D eigenvalue weighted by Gasteiger charge is -2.38. The van der Waals surface area contributed by atoms with Crippen LogP contribution in [0.5, 0.6) is 0 Å². The molecule has 7 heteroatoms. The Morgan fingerprint density at radius 2 is 1.75 bits per heavy atom. The summed E-state index contributed by atoms with van der Waals surface area (Å²) < 4.78 is 5.54. The molecule has 0 aromatic heterocycles. The normalized spacial score (nSPS) is 24.8.